The summed E-state index contributed by atoms with van der Waals surface area (Å²) >= 11 is 0. The van der Waals surface area contributed by atoms with E-state index in [0.29, 0.717) is 38.0 Å². The van der Waals surface area contributed by atoms with Crippen LogP contribution in [0.2, 0.25) is 0 Å². The predicted octanol–water partition coefficient (Wildman–Crippen LogP) is 3.68. The van der Waals surface area contributed by atoms with Gasteiger partial charge < -0.3 is 19.3 Å². The second-order valence-corrected chi connectivity index (χ2v) is 5.32. The maximum absolute atomic E-state index is 12.5. The van der Waals surface area contributed by atoms with E-state index < -0.39 is 12.7 Å². The second-order valence-electron chi connectivity index (χ2n) is 5.32. The zero-order valence-corrected chi connectivity index (χ0v) is 12.6. The smallest absolute Gasteiger partial charge is 0.387 e. The third-order valence-electron chi connectivity index (χ3n) is 3.59. The Balaban J connectivity index is 2.18. The van der Waals surface area contributed by atoms with Crippen molar-refractivity contribution in [2.45, 2.75) is 51.4 Å². The Hall–Kier alpha value is -1.40. The fourth-order valence-electron chi connectivity index (χ4n) is 2.43. The van der Waals surface area contributed by atoms with Crippen LogP contribution in [0.5, 0.6) is 11.5 Å². The minimum absolute atomic E-state index is 0.00561. The summed E-state index contributed by atoms with van der Waals surface area (Å²) in [5, 5.41) is 10.1. The van der Waals surface area contributed by atoms with Crippen LogP contribution in [0.1, 0.15) is 44.3 Å². The lowest BCUT2D eigenvalue weighted by molar-refractivity contribution is -0.0533. The molecule has 1 saturated heterocycles. The van der Waals surface area contributed by atoms with Gasteiger partial charge in [-0.05, 0) is 24.1 Å². The predicted molar refractivity (Wildman–Crippen MR) is 77.4 cm³/mol. The maximum atomic E-state index is 12.5. The summed E-state index contributed by atoms with van der Waals surface area (Å²) in [4.78, 5) is 0. The largest absolute Gasteiger partial charge is 0.486 e. The Morgan fingerprint density at radius 2 is 2.00 bits per heavy atom. The molecule has 1 N–H and O–H groups in total. The summed E-state index contributed by atoms with van der Waals surface area (Å²) in [7, 11) is 0. The zero-order chi connectivity index (χ0) is 15.9. The molecular formula is C16H22F2O4. The van der Waals surface area contributed by atoms with E-state index in [9.17, 15) is 13.9 Å². The van der Waals surface area contributed by atoms with Crippen LogP contribution in [0.3, 0.4) is 0 Å². The van der Waals surface area contributed by atoms with Gasteiger partial charge in [-0.15, -0.1) is 0 Å². The number of aliphatic hydroxyl groups is 1. The number of ether oxygens (including phenoxy) is 3. The van der Waals surface area contributed by atoms with E-state index in [1.165, 1.54) is 6.07 Å². The molecule has 0 bridgehead atoms. The van der Waals surface area contributed by atoms with Gasteiger partial charge in [0.1, 0.15) is 6.10 Å². The number of hydrogen-bond donors (Lipinski definition) is 1. The molecule has 1 aliphatic heterocycles. The minimum atomic E-state index is -2.91. The topological polar surface area (TPSA) is 47.9 Å². The molecule has 0 spiro atoms. The molecule has 124 valence electrons. The molecule has 0 aromatic heterocycles. The van der Waals surface area contributed by atoms with Crippen molar-refractivity contribution in [3.8, 4) is 11.5 Å². The normalized spacial score (nSPS) is 17.5. The van der Waals surface area contributed by atoms with Gasteiger partial charge in [-0.1, -0.05) is 19.4 Å². The van der Waals surface area contributed by atoms with Gasteiger partial charge in [0.05, 0.1) is 19.3 Å². The number of aliphatic hydroxyl groups excluding tert-OH is 1. The molecule has 0 amide bonds. The van der Waals surface area contributed by atoms with Crippen LogP contribution in [0.4, 0.5) is 8.78 Å². The van der Waals surface area contributed by atoms with Crippen LogP contribution in [0.25, 0.3) is 0 Å². The molecular weight excluding hydrogens is 294 g/mol. The molecule has 1 atom stereocenters. The van der Waals surface area contributed by atoms with Crippen LogP contribution in [0.15, 0.2) is 18.2 Å². The number of halogens is 2. The van der Waals surface area contributed by atoms with Gasteiger partial charge in [0.25, 0.3) is 0 Å². The Labute approximate surface area is 129 Å². The second kappa shape index (κ2) is 8.29. The van der Waals surface area contributed by atoms with Crippen molar-refractivity contribution in [1.29, 1.82) is 0 Å². The summed E-state index contributed by atoms with van der Waals surface area (Å²) in [6, 6.07) is 4.61. The van der Waals surface area contributed by atoms with Gasteiger partial charge in [0, 0.05) is 12.8 Å². The van der Waals surface area contributed by atoms with Crippen molar-refractivity contribution in [3.05, 3.63) is 23.8 Å². The van der Waals surface area contributed by atoms with Crippen molar-refractivity contribution in [2.24, 2.45) is 0 Å². The average Bonchev–Trinajstić information content (AvgIpc) is 2.50. The van der Waals surface area contributed by atoms with Gasteiger partial charge in [0.2, 0.25) is 0 Å². The molecule has 4 nitrogen and oxygen atoms in total. The van der Waals surface area contributed by atoms with Gasteiger partial charge in [-0.3, -0.25) is 0 Å². The van der Waals surface area contributed by atoms with Gasteiger partial charge in [-0.25, -0.2) is 0 Å². The highest BCUT2D eigenvalue weighted by Crippen LogP contribution is 2.34. The fraction of sp³-hybridized carbons (Fsp3) is 0.625. The molecule has 22 heavy (non-hydrogen) atoms. The molecule has 6 heteroatoms. The Bertz CT molecular complexity index is 461. The van der Waals surface area contributed by atoms with Gasteiger partial charge in [0.15, 0.2) is 11.5 Å². The Morgan fingerprint density at radius 1 is 1.27 bits per heavy atom. The quantitative estimate of drug-likeness (QED) is 0.833. The van der Waals surface area contributed by atoms with Crippen LogP contribution in [0, 0.1) is 0 Å². The summed E-state index contributed by atoms with van der Waals surface area (Å²) in [6.07, 6.45) is 2.11. The summed E-state index contributed by atoms with van der Waals surface area (Å²) in [6.45, 7) is 0.238. The van der Waals surface area contributed by atoms with E-state index in [0.717, 1.165) is 6.42 Å². The molecule has 1 aliphatic rings. The Kier molecular flexibility index (Phi) is 6.39. The first-order valence-electron chi connectivity index (χ1n) is 7.61. The molecule has 0 radical (unpaired) electrons. The molecule has 0 saturated carbocycles. The van der Waals surface area contributed by atoms with E-state index in [1.54, 1.807) is 12.1 Å². The van der Waals surface area contributed by atoms with Gasteiger partial charge >= 0.3 is 6.61 Å². The Morgan fingerprint density at radius 3 is 2.64 bits per heavy atom. The first-order valence-corrected chi connectivity index (χ1v) is 7.61. The standard InChI is InChI=1S/C16H22F2O4/c1-2-3-13(19)11-4-5-14(22-16(17)18)15(10-11)21-12-6-8-20-9-7-12/h4-5,10,12-13,16,19H,2-3,6-9H2,1H3. The van der Waals surface area contributed by atoms with Crippen LogP contribution in [-0.4, -0.2) is 31.0 Å². The van der Waals surface area contributed by atoms with E-state index in [2.05, 4.69) is 4.74 Å². The van der Waals surface area contributed by atoms with E-state index in [4.69, 9.17) is 9.47 Å². The van der Waals surface area contributed by atoms with Crippen molar-refractivity contribution in [3.63, 3.8) is 0 Å². The zero-order valence-electron chi connectivity index (χ0n) is 12.6. The molecule has 2 rings (SSSR count). The van der Waals surface area contributed by atoms with Crippen LogP contribution in [-0.2, 0) is 4.74 Å². The van der Waals surface area contributed by atoms with Crippen LogP contribution < -0.4 is 9.47 Å². The van der Waals surface area contributed by atoms with E-state index >= 15 is 0 Å². The molecule has 1 heterocycles. The third kappa shape index (κ3) is 4.81. The molecule has 1 unspecified atom stereocenters. The van der Waals surface area contributed by atoms with Crippen LogP contribution >= 0.6 is 0 Å². The lowest BCUT2D eigenvalue weighted by Crippen LogP contribution is -2.26. The number of alkyl halides is 2. The van der Waals surface area contributed by atoms with Crippen molar-refractivity contribution in [1.82, 2.24) is 0 Å². The van der Waals surface area contributed by atoms with Gasteiger partial charge in [-0.2, -0.15) is 8.78 Å². The highest BCUT2D eigenvalue weighted by atomic mass is 19.3. The lowest BCUT2D eigenvalue weighted by atomic mass is 10.0. The first-order chi connectivity index (χ1) is 10.6. The number of rotatable bonds is 7. The summed E-state index contributed by atoms with van der Waals surface area (Å²) < 4.78 is 40.6. The van der Waals surface area contributed by atoms with Crippen molar-refractivity contribution in [2.75, 3.05) is 13.2 Å². The monoisotopic (exact) mass is 316 g/mol. The fourth-order valence-corrected chi connectivity index (χ4v) is 2.43. The molecule has 1 aromatic rings. The van der Waals surface area contributed by atoms with E-state index in [1.807, 2.05) is 6.92 Å². The molecule has 0 aliphatic carbocycles. The van der Waals surface area contributed by atoms with Crippen molar-refractivity contribution < 1.29 is 28.1 Å². The highest BCUT2D eigenvalue weighted by molar-refractivity contribution is 5.43. The molecule has 1 fully saturated rings. The van der Waals surface area contributed by atoms with Crippen molar-refractivity contribution >= 4 is 0 Å². The number of hydrogen-bond acceptors (Lipinski definition) is 4. The summed E-state index contributed by atoms with van der Waals surface area (Å²) in [5.74, 6) is 0.244. The molecule has 1 aromatic carbocycles. The van der Waals surface area contributed by atoms with E-state index in [-0.39, 0.29) is 17.6 Å². The average molecular weight is 316 g/mol. The highest BCUT2D eigenvalue weighted by Gasteiger charge is 2.20. The lowest BCUT2D eigenvalue weighted by Gasteiger charge is -2.25. The SMILES string of the molecule is CCCC(O)c1ccc(OC(F)F)c(OC2CCOCC2)c1. The third-order valence-corrected chi connectivity index (χ3v) is 3.59. The minimum Gasteiger partial charge on any atom is -0.486 e. The first kappa shape index (κ1) is 17.0. The summed E-state index contributed by atoms with van der Waals surface area (Å²) in [5.41, 5.74) is 0.644. The number of benzene rings is 1. The maximum Gasteiger partial charge on any atom is 0.387 e.